The maximum atomic E-state index is 5.25. The topological polar surface area (TPSA) is 56.5 Å². The molecule has 0 radical (unpaired) electrons. The number of aromatic nitrogens is 5. The summed E-state index contributed by atoms with van der Waals surface area (Å²) >= 11 is 0. The van der Waals surface area contributed by atoms with Crippen molar-refractivity contribution in [1.82, 2.24) is 24.5 Å². The number of rotatable bonds is 3. The van der Waals surface area contributed by atoms with E-state index in [0.717, 1.165) is 54.7 Å². The van der Waals surface area contributed by atoms with Crippen LogP contribution in [0.5, 0.6) is 0 Å². The molecule has 43 heavy (non-hydrogen) atoms. The highest BCUT2D eigenvalue weighted by Crippen LogP contribution is 2.36. The van der Waals surface area contributed by atoms with Gasteiger partial charge in [0.05, 0.1) is 11.0 Å². The molecule has 0 saturated heterocycles. The first-order valence-corrected chi connectivity index (χ1v) is 14.3. The van der Waals surface area contributed by atoms with Crippen molar-refractivity contribution in [3.8, 4) is 28.5 Å². The van der Waals surface area contributed by atoms with Crippen LogP contribution >= 0.6 is 0 Å². The first kappa shape index (κ1) is 23.7. The van der Waals surface area contributed by atoms with Gasteiger partial charge in [0.2, 0.25) is 5.95 Å². The average molecular weight is 550 g/mol. The predicted octanol–water partition coefficient (Wildman–Crippen LogP) is 9.16. The second-order valence-electron chi connectivity index (χ2n) is 10.7. The second-order valence-corrected chi connectivity index (χ2v) is 10.7. The van der Waals surface area contributed by atoms with Gasteiger partial charge in [-0.2, -0.15) is 0 Å². The number of nitrogens with zero attached hydrogens (tertiary/aromatic N) is 5. The van der Waals surface area contributed by atoms with Crippen LogP contribution in [0.15, 0.2) is 140 Å². The Hall–Kier alpha value is -5.94. The monoisotopic (exact) mass is 549 g/mol. The molecule has 200 valence electrons. The minimum Gasteiger partial charge on any atom is -0.278 e. The van der Waals surface area contributed by atoms with Crippen LogP contribution < -0.4 is 0 Å². The molecular weight excluding hydrogens is 526 g/mol. The fraction of sp³-hybridized carbons (Fsp3) is 0. The van der Waals surface area contributed by atoms with Crippen molar-refractivity contribution in [3.63, 3.8) is 0 Å². The lowest BCUT2D eigenvalue weighted by Crippen LogP contribution is -2.02. The number of hydrogen-bond donors (Lipinski definition) is 0. The Bertz CT molecular complexity index is 2440. The van der Waals surface area contributed by atoms with Crippen LogP contribution in [0.3, 0.4) is 0 Å². The molecule has 0 bridgehead atoms. The lowest BCUT2D eigenvalue weighted by molar-refractivity contribution is 1.01. The van der Waals surface area contributed by atoms with Crippen molar-refractivity contribution >= 4 is 54.4 Å². The second kappa shape index (κ2) is 9.29. The number of hydrogen-bond acceptors (Lipinski definition) is 4. The molecule has 0 aliphatic rings. The third-order valence-electron chi connectivity index (χ3n) is 8.33. The smallest absolute Gasteiger partial charge is 0.235 e. The first-order chi connectivity index (χ1) is 21.3. The first-order valence-electron chi connectivity index (χ1n) is 14.3. The molecule has 9 rings (SSSR count). The van der Waals surface area contributed by atoms with Crippen LogP contribution in [0.4, 0.5) is 0 Å². The molecule has 0 atom stereocenters. The van der Waals surface area contributed by atoms with E-state index in [9.17, 15) is 0 Å². The summed E-state index contributed by atoms with van der Waals surface area (Å²) in [7, 11) is 0. The molecule has 0 aliphatic heterocycles. The van der Waals surface area contributed by atoms with Gasteiger partial charge in [-0.25, -0.2) is 19.9 Å². The van der Waals surface area contributed by atoms with Gasteiger partial charge >= 0.3 is 0 Å². The van der Waals surface area contributed by atoms with Gasteiger partial charge in [-0.1, -0.05) is 115 Å². The summed E-state index contributed by atoms with van der Waals surface area (Å²) in [4.78, 5) is 20.2. The number of benzene rings is 6. The quantitative estimate of drug-likeness (QED) is 0.206. The molecule has 0 aliphatic carbocycles. The maximum absolute atomic E-state index is 5.25. The highest BCUT2D eigenvalue weighted by atomic mass is 15.2. The van der Waals surface area contributed by atoms with Crippen molar-refractivity contribution < 1.29 is 0 Å². The summed E-state index contributed by atoms with van der Waals surface area (Å²) in [5, 5.41) is 6.46. The Kier molecular flexibility index (Phi) is 5.13. The van der Waals surface area contributed by atoms with Crippen molar-refractivity contribution in [3.05, 3.63) is 140 Å². The predicted molar refractivity (Wildman–Crippen MR) is 175 cm³/mol. The molecule has 0 unspecified atom stereocenters. The van der Waals surface area contributed by atoms with E-state index in [1.54, 1.807) is 0 Å². The number of para-hydroxylation sites is 2. The van der Waals surface area contributed by atoms with Gasteiger partial charge in [0, 0.05) is 39.5 Å². The van der Waals surface area contributed by atoms with Gasteiger partial charge in [-0.15, -0.1) is 0 Å². The molecule has 3 aromatic heterocycles. The Labute approximate surface area is 246 Å². The minimum absolute atomic E-state index is 0.619. The van der Waals surface area contributed by atoms with Gasteiger partial charge in [0.1, 0.15) is 11.0 Å². The van der Waals surface area contributed by atoms with Crippen molar-refractivity contribution in [1.29, 1.82) is 0 Å². The Balaban J connectivity index is 1.30. The highest BCUT2D eigenvalue weighted by molar-refractivity contribution is 6.23. The molecule has 0 spiro atoms. The zero-order chi connectivity index (χ0) is 28.3. The summed E-state index contributed by atoms with van der Waals surface area (Å²) in [5.74, 6) is 1.29. The van der Waals surface area contributed by atoms with Crippen LogP contribution in [0.2, 0.25) is 0 Å². The van der Waals surface area contributed by atoms with E-state index in [1.807, 2.05) is 18.5 Å². The zero-order valence-corrected chi connectivity index (χ0v) is 23.0. The molecule has 0 amide bonds. The largest absolute Gasteiger partial charge is 0.278 e. The molecule has 0 saturated carbocycles. The number of fused-ring (bicyclic) bond motifs is 9. The summed E-state index contributed by atoms with van der Waals surface area (Å²) < 4.78 is 2.15. The average Bonchev–Trinajstić information content (AvgIpc) is 3.43. The summed E-state index contributed by atoms with van der Waals surface area (Å²) in [6.07, 6.45) is 3.88. The van der Waals surface area contributed by atoms with E-state index in [2.05, 4.69) is 126 Å². The van der Waals surface area contributed by atoms with Crippen molar-refractivity contribution in [2.75, 3.05) is 0 Å². The molecule has 5 nitrogen and oxygen atoms in total. The fourth-order valence-corrected chi connectivity index (χ4v) is 6.29. The van der Waals surface area contributed by atoms with E-state index in [4.69, 9.17) is 19.9 Å². The molecule has 6 aromatic carbocycles. The fourth-order valence-electron chi connectivity index (χ4n) is 6.29. The van der Waals surface area contributed by atoms with E-state index in [0.29, 0.717) is 11.8 Å². The van der Waals surface area contributed by atoms with Gasteiger partial charge in [-0.05, 0) is 34.0 Å². The van der Waals surface area contributed by atoms with Crippen LogP contribution in [0.1, 0.15) is 0 Å². The van der Waals surface area contributed by atoms with Gasteiger partial charge in [0.15, 0.2) is 5.82 Å². The van der Waals surface area contributed by atoms with Gasteiger partial charge < -0.3 is 0 Å². The van der Waals surface area contributed by atoms with Crippen LogP contribution in [0, 0.1) is 0 Å². The molecular formula is C38H23N5. The van der Waals surface area contributed by atoms with Crippen LogP contribution in [-0.2, 0) is 0 Å². The standard InChI is InChI=1S/C38H23N5/c1-2-10-24(11-3-1)25-18-20-26(21-19-25)37-39-22-31-27-12-4-5-13-28(27)32-23-40-38(42-36(32)35(31)41-37)43-33-16-8-6-14-29(33)30-15-7-9-17-34(30)43/h1-23H. The summed E-state index contributed by atoms with van der Waals surface area (Å²) in [6, 6.07) is 44.0. The van der Waals surface area contributed by atoms with Gasteiger partial charge in [0.25, 0.3) is 0 Å². The Morgan fingerprint density at radius 3 is 1.51 bits per heavy atom. The molecule has 0 N–H and O–H groups in total. The summed E-state index contributed by atoms with van der Waals surface area (Å²) in [5.41, 5.74) is 7.06. The van der Waals surface area contributed by atoms with E-state index in [1.165, 1.54) is 16.3 Å². The van der Waals surface area contributed by atoms with E-state index < -0.39 is 0 Å². The summed E-state index contributed by atoms with van der Waals surface area (Å²) in [6.45, 7) is 0. The lowest BCUT2D eigenvalue weighted by atomic mass is 10.0. The third-order valence-corrected chi connectivity index (χ3v) is 8.33. The third kappa shape index (κ3) is 3.65. The normalized spacial score (nSPS) is 11.7. The Morgan fingerprint density at radius 1 is 0.372 bits per heavy atom. The van der Waals surface area contributed by atoms with Crippen molar-refractivity contribution in [2.24, 2.45) is 0 Å². The minimum atomic E-state index is 0.619. The van der Waals surface area contributed by atoms with Gasteiger partial charge in [-0.3, -0.25) is 4.57 Å². The molecule has 0 fully saturated rings. The van der Waals surface area contributed by atoms with Crippen molar-refractivity contribution in [2.45, 2.75) is 0 Å². The molecule has 5 heteroatoms. The molecule has 3 heterocycles. The molecule has 9 aromatic rings. The lowest BCUT2D eigenvalue weighted by Gasteiger charge is -2.12. The van der Waals surface area contributed by atoms with E-state index in [-0.39, 0.29) is 0 Å². The highest BCUT2D eigenvalue weighted by Gasteiger charge is 2.17. The van der Waals surface area contributed by atoms with E-state index >= 15 is 0 Å². The zero-order valence-electron chi connectivity index (χ0n) is 23.0. The SMILES string of the molecule is c1ccc(-c2ccc(-c3ncc4c5ccccc5c5cnc(-n6c7ccccc7c7ccccc76)nc5c4n3)cc2)cc1. The Morgan fingerprint density at radius 2 is 0.860 bits per heavy atom. The van der Waals surface area contributed by atoms with Crippen LogP contribution in [0.25, 0.3) is 82.8 Å². The van der Waals surface area contributed by atoms with Crippen LogP contribution in [-0.4, -0.2) is 24.5 Å². The maximum Gasteiger partial charge on any atom is 0.235 e.